The van der Waals surface area contributed by atoms with E-state index in [2.05, 4.69) is 10.4 Å². The van der Waals surface area contributed by atoms with E-state index < -0.39 is 0 Å². The van der Waals surface area contributed by atoms with Gasteiger partial charge in [-0.05, 0) is 43.3 Å². The van der Waals surface area contributed by atoms with E-state index in [-0.39, 0.29) is 5.91 Å². The van der Waals surface area contributed by atoms with E-state index in [1.54, 1.807) is 22.9 Å². The maximum atomic E-state index is 11.7. The van der Waals surface area contributed by atoms with Crippen molar-refractivity contribution in [2.45, 2.75) is 23.2 Å². The Balaban J connectivity index is 1.71. The molecule has 1 N–H and O–H groups in total. The zero-order valence-electron chi connectivity index (χ0n) is 11.2. The van der Waals surface area contributed by atoms with Crippen LogP contribution in [0.5, 0.6) is 0 Å². The smallest absolute Gasteiger partial charge is 0.230 e. The fourth-order valence-corrected chi connectivity index (χ4v) is 4.19. The zero-order valence-corrected chi connectivity index (χ0v) is 15.2. The molecule has 1 fully saturated rings. The molecule has 4 nitrogen and oxygen atoms in total. The number of aromatic nitrogens is 2. The SMILES string of the molecule is O=C(CSc1nn(-c2ccc(Cl)c(Cl)c2)c(=S)s1)NC1CC1. The molecule has 1 aliphatic carbocycles. The van der Waals surface area contributed by atoms with E-state index in [9.17, 15) is 4.79 Å². The van der Waals surface area contributed by atoms with Crippen molar-refractivity contribution in [1.29, 1.82) is 0 Å². The van der Waals surface area contributed by atoms with Crippen molar-refractivity contribution in [2.24, 2.45) is 0 Å². The number of amides is 1. The lowest BCUT2D eigenvalue weighted by molar-refractivity contribution is -0.118. The molecule has 1 aliphatic rings. The number of halogens is 2. The highest BCUT2D eigenvalue weighted by atomic mass is 35.5. The summed E-state index contributed by atoms with van der Waals surface area (Å²) in [4.78, 5) is 11.7. The third-order valence-electron chi connectivity index (χ3n) is 2.95. The molecule has 116 valence electrons. The van der Waals surface area contributed by atoms with Crippen LogP contribution in [0.2, 0.25) is 10.0 Å². The summed E-state index contributed by atoms with van der Waals surface area (Å²) in [7, 11) is 0. The van der Waals surface area contributed by atoms with Gasteiger partial charge in [-0.15, -0.1) is 5.10 Å². The first kappa shape index (κ1) is 16.3. The fraction of sp³-hybridized carbons (Fsp3) is 0.308. The van der Waals surface area contributed by atoms with E-state index in [0.29, 0.717) is 25.8 Å². The van der Waals surface area contributed by atoms with E-state index in [1.165, 1.54) is 23.1 Å². The predicted molar refractivity (Wildman–Crippen MR) is 94.2 cm³/mol. The molecule has 9 heteroatoms. The van der Waals surface area contributed by atoms with Gasteiger partial charge in [0, 0.05) is 6.04 Å². The number of carbonyl (C=O) groups is 1. The molecule has 0 radical (unpaired) electrons. The molecule has 0 saturated heterocycles. The average molecular weight is 392 g/mol. The standard InChI is InChI=1S/C13H11Cl2N3OS3/c14-9-4-3-8(5-10(9)15)18-13(20)22-12(17-18)21-6-11(19)16-7-1-2-7/h3-5,7H,1-2,6H2,(H,16,19). The van der Waals surface area contributed by atoms with Crippen molar-refractivity contribution in [3.05, 3.63) is 32.2 Å². The van der Waals surface area contributed by atoms with E-state index in [0.717, 1.165) is 22.9 Å². The number of rotatable bonds is 5. The van der Waals surface area contributed by atoms with E-state index >= 15 is 0 Å². The van der Waals surface area contributed by atoms with Crippen LogP contribution in [0.15, 0.2) is 22.5 Å². The Bertz CT molecular complexity index is 770. The predicted octanol–water partition coefficient (Wildman–Crippen LogP) is 4.34. The minimum atomic E-state index is 0.0368. The molecule has 2 aromatic rings. The fourth-order valence-electron chi connectivity index (χ4n) is 1.72. The van der Waals surface area contributed by atoms with Crippen molar-refractivity contribution in [2.75, 3.05) is 5.75 Å². The zero-order chi connectivity index (χ0) is 15.7. The molecule has 3 rings (SSSR count). The Labute approximate surface area is 150 Å². The third kappa shape index (κ3) is 4.02. The number of benzene rings is 1. The van der Waals surface area contributed by atoms with Gasteiger partial charge in [-0.1, -0.05) is 46.3 Å². The van der Waals surface area contributed by atoms with Crippen LogP contribution in [0, 0.1) is 3.95 Å². The molecule has 1 aromatic heterocycles. The maximum absolute atomic E-state index is 11.7. The molecule has 1 aromatic carbocycles. The van der Waals surface area contributed by atoms with Crippen LogP contribution in [-0.4, -0.2) is 27.5 Å². The Morgan fingerprint density at radius 1 is 1.45 bits per heavy atom. The van der Waals surface area contributed by atoms with Gasteiger partial charge < -0.3 is 5.32 Å². The first-order chi connectivity index (χ1) is 10.5. The molecule has 1 amide bonds. The van der Waals surface area contributed by atoms with Crippen molar-refractivity contribution >= 4 is 64.4 Å². The highest BCUT2D eigenvalue weighted by Gasteiger charge is 2.23. The van der Waals surface area contributed by atoms with Gasteiger partial charge in [0.05, 0.1) is 21.5 Å². The second kappa shape index (κ2) is 6.88. The van der Waals surface area contributed by atoms with E-state index in [1.807, 2.05) is 0 Å². The summed E-state index contributed by atoms with van der Waals surface area (Å²) < 4.78 is 2.98. The molecule has 1 saturated carbocycles. The van der Waals surface area contributed by atoms with Gasteiger partial charge in [0.2, 0.25) is 5.91 Å². The molecule has 1 heterocycles. The quantitative estimate of drug-likeness (QED) is 0.608. The second-order valence-corrected chi connectivity index (χ2v) is 8.43. The lowest BCUT2D eigenvalue weighted by atomic mass is 10.3. The number of hydrogen-bond donors (Lipinski definition) is 1. The Hall–Kier alpha value is -0.600. The van der Waals surface area contributed by atoms with Crippen molar-refractivity contribution < 1.29 is 4.79 Å². The van der Waals surface area contributed by atoms with Gasteiger partial charge in [0.1, 0.15) is 0 Å². The van der Waals surface area contributed by atoms with Crippen molar-refractivity contribution in [3.8, 4) is 5.69 Å². The minimum Gasteiger partial charge on any atom is -0.353 e. The van der Waals surface area contributed by atoms with Crippen molar-refractivity contribution in [1.82, 2.24) is 15.1 Å². The third-order valence-corrected chi connectivity index (χ3v) is 6.05. The van der Waals surface area contributed by atoms with Gasteiger partial charge in [0.25, 0.3) is 0 Å². The van der Waals surface area contributed by atoms with Gasteiger partial charge >= 0.3 is 0 Å². The molecule has 0 unspecified atom stereocenters. The Morgan fingerprint density at radius 3 is 2.91 bits per heavy atom. The maximum Gasteiger partial charge on any atom is 0.230 e. The number of carbonyl (C=O) groups excluding carboxylic acids is 1. The van der Waals surface area contributed by atoms with Gasteiger partial charge in [-0.3, -0.25) is 4.79 Å². The first-order valence-corrected chi connectivity index (χ1v) is 9.47. The summed E-state index contributed by atoms with van der Waals surface area (Å²) in [6.45, 7) is 0. The summed E-state index contributed by atoms with van der Waals surface area (Å²) in [6.07, 6.45) is 2.17. The summed E-state index contributed by atoms with van der Waals surface area (Å²) in [5.74, 6) is 0.384. The lowest BCUT2D eigenvalue weighted by Crippen LogP contribution is -2.26. The average Bonchev–Trinajstić information content (AvgIpc) is 3.21. The molecule has 0 aliphatic heterocycles. The lowest BCUT2D eigenvalue weighted by Gasteiger charge is -2.02. The van der Waals surface area contributed by atoms with Crippen molar-refractivity contribution in [3.63, 3.8) is 0 Å². The largest absolute Gasteiger partial charge is 0.353 e. The molecular formula is C13H11Cl2N3OS3. The van der Waals surface area contributed by atoms with Crippen LogP contribution in [0.4, 0.5) is 0 Å². The van der Waals surface area contributed by atoms with Crippen LogP contribution in [0.25, 0.3) is 5.69 Å². The van der Waals surface area contributed by atoms with Gasteiger partial charge in [-0.2, -0.15) is 0 Å². The van der Waals surface area contributed by atoms with Crippen LogP contribution < -0.4 is 5.32 Å². The van der Waals surface area contributed by atoms with Crippen LogP contribution in [0.3, 0.4) is 0 Å². The molecule has 0 atom stereocenters. The second-order valence-electron chi connectivity index (χ2n) is 4.77. The molecule has 0 bridgehead atoms. The number of nitrogens with zero attached hydrogens (tertiary/aromatic N) is 2. The summed E-state index contributed by atoms with van der Waals surface area (Å²) in [5, 5.41) is 8.31. The van der Waals surface area contributed by atoms with Crippen LogP contribution >= 0.6 is 58.5 Å². The Kier molecular flexibility index (Phi) is 5.09. The highest BCUT2D eigenvalue weighted by Crippen LogP contribution is 2.28. The first-order valence-electron chi connectivity index (χ1n) is 6.50. The normalized spacial score (nSPS) is 14.1. The Morgan fingerprint density at radius 2 is 2.23 bits per heavy atom. The molecule has 22 heavy (non-hydrogen) atoms. The van der Waals surface area contributed by atoms with E-state index in [4.69, 9.17) is 35.4 Å². The van der Waals surface area contributed by atoms with Gasteiger partial charge in [-0.25, -0.2) is 4.68 Å². The van der Waals surface area contributed by atoms with Gasteiger partial charge in [0.15, 0.2) is 8.29 Å². The topological polar surface area (TPSA) is 46.9 Å². The molecular weight excluding hydrogens is 381 g/mol. The minimum absolute atomic E-state index is 0.0368. The summed E-state index contributed by atoms with van der Waals surface area (Å²) in [6, 6.07) is 5.60. The summed E-state index contributed by atoms with van der Waals surface area (Å²) in [5.41, 5.74) is 0.755. The highest BCUT2D eigenvalue weighted by molar-refractivity contribution is 8.01. The monoisotopic (exact) mass is 391 g/mol. The van der Waals surface area contributed by atoms with Crippen LogP contribution in [0.1, 0.15) is 12.8 Å². The molecule has 0 spiro atoms. The number of thioether (sulfide) groups is 1. The van der Waals surface area contributed by atoms with Crippen LogP contribution in [-0.2, 0) is 4.79 Å². The number of hydrogen-bond acceptors (Lipinski definition) is 5. The summed E-state index contributed by atoms with van der Waals surface area (Å²) >= 11 is 20.0. The number of nitrogens with one attached hydrogen (secondary N) is 1.